The molecule has 0 amide bonds. The summed E-state index contributed by atoms with van der Waals surface area (Å²) in [6.45, 7) is 9.58. The van der Waals surface area contributed by atoms with Crippen molar-refractivity contribution in [1.82, 2.24) is 0 Å². The summed E-state index contributed by atoms with van der Waals surface area (Å²) in [5, 5.41) is 64.4. The zero-order chi connectivity index (χ0) is 36.1. The van der Waals surface area contributed by atoms with E-state index in [1.807, 2.05) is 32.0 Å². The smallest absolute Gasteiger partial charge is 0.309 e. The second-order valence-corrected chi connectivity index (χ2v) is 17.0. The average Bonchev–Trinajstić information content (AvgIpc) is 3.06. The van der Waals surface area contributed by atoms with Crippen molar-refractivity contribution in [3.05, 3.63) is 46.5 Å². The van der Waals surface area contributed by atoms with Crippen molar-refractivity contribution >= 4 is 11.9 Å². The third-order valence-electron chi connectivity index (χ3n) is 14.2. The fourth-order valence-electron chi connectivity index (χ4n) is 11.3. The Bertz CT molecular complexity index is 1720. The van der Waals surface area contributed by atoms with Crippen LogP contribution in [0.5, 0.6) is 11.5 Å². The SMILES string of the molecule is CC1OC(Oc2cc3c(cc2-c2cc4c(cc2O)[C@@]2(C)CCC[C@](C)(C(=O)O)[C@@H]2CC4)CC[C@H]2[C@@](C)(C(=O)O)CCC[C@]32C)C(O)C(O)C1O. The average molecular weight is 693 g/mol. The van der Waals surface area contributed by atoms with Crippen LogP contribution in [-0.2, 0) is 38.0 Å². The predicted octanol–water partition coefficient (Wildman–Crippen LogP) is 5.46. The number of carboxylic acid groups (broad SMARTS) is 2. The van der Waals surface area contributed by atoms with Crippen LogP contribution in [-0.4, -0.2) is 73.3 Å². The summed E-state index contributed by atoms with van der Waals surface area (Å²) in [6.07, 6.45) is 0.624. The number of aliphatic hydroxyl groups excluding tert-OH is 3. The van der Waals surface area contributed by atoms with Gasteiger partial charge in [-0.3, -0.25) is 9.59 Å². The van der Waals surface area contributed by atoms with Crippen molar-refractivity contribution in [3.63, 3.8) is 0 Å². The van der Waals surface area contributed by atoms with Crippen molar-refractivity contribution in [3.8, 4) is 22.6 Å². The maximum absolute atomic E-state index is 12.6. The minimum absolute atomic E-state index is 0.0305. The highest BCUT2D eigenvalue weighted by atomic mass is 16.7. The summed E-state index contributed by atoms with van der Waals surface area (Å²) >= 11 is 0. The number of rotatable bonds is 5. The van der Waals surface area contributed by atoms with Gasteiger partial charge in [-0.25, -0.2) is 0 Å². The number of phenols is 1. The molecule has 1 aliphatic heterocycles. The quantitative estimate of drug-likeness (QED) is 0.236. The van der Waals surface area contributed by atoms with Gasteiger partial charge in [-0.1, -0.05) is 26.7 Å². The predicted molar refractivity (Wildman–Crippen MR) is 184 cm³/mol. The van der Waals surface area contributed by atoms with Crippen LogP contribution >= 0.6 is 0 Å². The molecule has 1 saturated heterocycles. The maximum atomic E-state index is 12.6. The van der Waals surface area contributed by atoms with Gasteiger partial charge in [0.2, 0.25) is 6.29 Å². The van der Waals surface area contributed by atoms with Gasteiger partial charge in [0.15, 0.2) is 0 Å². The fourth-order valence-corrected chi connectivity index (χ4v) is 11.3. The number of fused-ring (bicyclic) bond motifs is 6. The maximum Gasteiger partial charge on any atom is 0.309 e. The summed E-state index contributed by atoms with van der Waals surface area (Å²) in [4.78, 5) is 25.2. The lowest BCUT2D eigenvalue weighted by Gasteiger charge is -2.54. The Morgan fingerprint density at radius 3 is 1.74 bits per heavy atom. The van der Waals surface area contributed by atoms with Gasteiger partial charge < -0.3 is 40.1 Å². The largest absolute Gasteiger partial charge is 0.507 e. The highest BCUT2D eigenvalue weighted by Crippen LogP contribution is 2.60. The third kappa shape index (κ3) is 5.03. The molecule has 7 rings (SSSR count). The molecule has 272 valence electrons. The van der Waals surface area contributed by atoms with Crippen molar-refractivity contribution in [1.29, 1.82) is 0 Å². The lowest BCUT2D eigenvalue weighted by Crippen LogP contribution is -2.58. The molecule has 4 aliphatic carbocycles. The summed E-state index contributed by atoms with van der Waals surface area (Å²) in [7, 11) is 0. The number of ether oxygens (including phenoxy) is 2. The van der Waals surface area contributed by atoms with E-state index in [-0.39, 0.29) is 17.6 Å². The van der Waals surface area contributed by atoms with Crippen LogP contribution in [0.25, 0.3) is 11.1 Å². The van der Waals surface area contributed by atoms with E-state index in [1.165, 1.54) is 0 Å². The van der Waals surface area contributed by atoms with Crippen LogP contribution in [0.4, 0.5) is 0 Å². The van der Waals surface area contributed by atoms with Crippen LogP contribution in [0, 0.1) is 22.7 Å². The number of aliphatic carboxylic acids is 2. The zero-order valence-electron chi connectivity index (χ0n) is 29.7. The Kier molecular flexibility index (Phi) is 8.41. The molecule has 0 radical (unpaired) electrons. The monoisotopic (exact) mass is 692 g/mol. The molecule has 50 heavy (non-hydrogen) atoms. The molecule has 3 fully saturated rings. The van der Waals surface area contributed by atoms with Gasteiger partial charge in [0, 0.05) is 11.1 Å². The topological polar surface area (TPSA) is 174 Å². The Morgan fingerprint density at radius 1 is 0.720 bits per heavy atom. The third-order valence-corrected chi connectivity index (χ3v) is 14.2. The Hall–Kier alpha value is -3.18. The molecule has 2 aromatic carbocycles. The van der Waals surface area contributed by atoms with Crippen LogP contribution < -0.4 is 4.74 Å². The lowest BCUT2D eigenvalue weighted by molar-refractivity contribution is -0.268. The summed E-state index contributed by atoms with van der Waals surface area (Å²) < 4.78 is 12.3. The molecule has 11 atom stereocenters. The Balaban J connectivity index is 1.36. The molecule has 10 heteroatoms. The molecule has 2 saturated carbocycles. The molecule has 1 heterocycles. The first-order chi connectivity index (χ1) is 23.5. The number of aryl methyl sites for hydroxylation is 2. The molecule has 5 unspecified atom stereocenters. The van der Waals surface area contributed by atoms with Gasteiger partial charge >= 0.3 is 11.9 Å². The van der Waals surface area contributed by atoms with Crippen LogP contribution in [0.1, 0.15) is 108 Å². The normalized spacial score (nSPS) is 40.8. The second-order valence-electron chi connectivity index (χ2n) is 17.0. The summed E-state index contributed by atoms with van der Waals surface area (Å²) in [5.41, 5.74) is 2.54. The number of carbonyl (C=O) groups is 2. The molecule has 0 aromatic heterocycles. The minimum atomic E-state index is -1.55. The number of benzene rings is 2. The number of hydrogen-bond acceptors (Lipinski definition) is 8. The standard InChI is InChI=1S/C40H52O10/c1-20-31(42)32(43)33(44)34(49-20)50-28-19-26-22(9-11-30-38(26,3)13-7-15-40(30,5)36(47)48)17-24(28)23-16-21-8-10-29-37(2,25(21)18-27(23)41)12-6-14-39(29,4)35(45)46/h16-20,29-34,41-44H,6-15H2,1-5H3,(H,45,46)(H,47,48)/t20?,29-,30-,31?,32?,33?,34?,37-,38-,39+,40+/m1/s1. The van der Waals surface area contributed by atoms with E-state index >= 15 is 0 Å². The molecule has 10 nitrogen and oxygen atoms in total. The second kappa shape index (κ2) is 11.9. The van der Waals surface area contributed by atoms with Crippen LogP contribution in [0.15, 0.2) is 24.3 Å². The first-order valence-corrected chi connectivity index (χ1v) is 18.3. The fraction of sp³-hybridized carbons (Fsp3) is 0.650. The van der Waals surface area contributed by atoms with Crippen molar-refractivity contribution in [2.75, 3.05) is 0 Å². The van der Waals surface area contributed by atoms with Gasteiger partial charge in [-0.15, -0.1) is 0 Å². The molecule has 2 aromatic rings. The summed E-state index contributed by atoms with van der Waals surface area (Å²) in [5.74, 6) is -1.40. The number of hydrogen-bond donors (Lipinski definition) is 6. The highest BCUT2D eigenvalue weighted by molar-refractivity contribution is 5.80. The number of carboxylic acids is 2. The van der Waals surface area contributed by atoms with Gasteiger partial charge in [0.05, 0.1) is 16.9 Å². The van der Waals surface area contributed by atoms with E-state index < -0.39 is 64.3 Å². The van der Waals surface area contributed by atoms with Crippen molar-refractivity contribution in [2.24, 2.45) is 22.7 Å². The number of phenolic OH excluding ortho intramolecular Hbond substituents is 1. The van der Waals surface area contributed by atoms with E-state index in [0.29, 0.717) is 55.4 Å². The first-order valence-electron chi connectivity index (χ1n) is 18.3. The molecule has 5 aliphatic rings. The van der Waals surface area contributed by atoms with Crippen molar-refractivity contribution < 1.29 is 49.7 Å². The Morgan fingerprint density at radius 2 is 1.22 bits per heavy atom. The first kappa shape index (κ1) is 35.2. The zero-order valence-corrected chi connectivity index (χ0v) is 29.7. The van der Waals surface area contributed by atoms with Crippen LogP contribution in [0.3, 0.4) is 0 Å². The minimum Gasteiger partial charge on any atom is -0.507 e. The lowest BCUT2D eigenvalue weighted by atomic mass is 9.49. The number of aromatic hydroxyl groups is 1. The summed E-state index contributed by atoms with van der Waals surface area (Å²) in [6, 6.07) is 7.72. The molecule has 0 spiro atoms. The molecule has 0 bridgehead atoms. The van der Waals surface area contributed by atoms with E-state index in [9.17, 15) is 40.2 Å². The van der Waals surface area contributed by atoms with E-state index in [2.05, 4.69) is 13.8 Å². The molecular weight excluding hydrogens is 640 g/mol. The van der Waals surface area contributed by atoms with E-state index in [1.54, 1.807) is 13.0 Å². The van der Waals surface area contributed by atoms with E-state index in [4.69, 9.17) is 9.47 Å². The van der Waals surface area contributed by atoms with Gasteiger partial charge in [-0.05, 0) is 141 Å². The van der Waals surface area contributed by atoms with Gasteiger partial charge in [-0.2, -0.15) is 0 Å². The number of aliphatic hydroxyl groups is 3. The van der Waals surface area contributed by atoms with Crippen LogP contribution in [0.2, 0.25) is 0 Å². The molecular formula is C40H52O10. The molecule has 6 N–H and O–H groups in total. The van der Waals surface area contributed by atoms with Gasteiger partial charge in [0.1, 0.15) is 29.8 Å². The Labute approximate surface area is 293 Å². The highest BCUT2D eigenvalue weighted by Gasteiger charge is 2.57. The van der Waals surface area contributed by atoms with E-state index in [0.717, 1.165) is 47.9 Å². The van der Waals surface area contributed by atoms with Gasteiger partial charge in [0.25, 0.3) is 0 Å². The van der Waals surface area contributed by atoms with Crippen molar-refractivity contribution in [2.45, 2.75) is 140 Å².